The summed E-state index contributed by atoms with van der Waals surface area (Å²) >= 11 is 0. The van der Waals surface area contributed by atoms with Crippen molar-refractivity contribution in [2.75, 3.05) is 20.5 Å². The van der Waals surface area contributed by atoms with Crippen LogP contribution in [0.2, 0.25) is 0 Å². The van der Waals surface area contributed by atoms with Crippen molar-refractivity contribution in [3.05, 3.63) is 12.2 Å². The third kappa shape index (κ3) is 2.19. The highest BCUT2D eigenvalue weighted by atomic mass is 16.7. The molecule has 84 valence electrons. The Hall–Kier alpha value is -0.910. The fourth-order valence-electron chi connectivity index (χ4n) is 1.88. The number of carbonyl (C=O) groups excluding carboxylic acids is 1. The zero-order valence-corrected chi connectivity index (χ0v) is 8.72. The van der Waals surface area contributed by atoms with Crippen LogP contribution < -0.4 is 0 Å². The van der Waals surface area contributed by atoms with Gasteiger partial charge in [-0.25, -0.2) is 5.06 Å². The Kier molecular flexibility index (Phi) is 3.35. The smallest absolute Gasteiger partial charge is 0.246 e. The molecule has 2 aliphatic rings. The van der Waals surface area contributed by atoms with Gasteiger partial charge in [0.25, 0.3) is 0 Å². The van der Waals surface area contributed by atoms with E-state index in [9.17, 15) is 4.79 Å². The van der Waals surface area contributed by atoms with Crippen LogP contribution in [-0.2, 0) is 19.1 Å². The molecule has 5 nitrogen and oxygen atoms in total. The van der Waals surface area contributed by atoms with Crippen molar-refractivity contribution >= 4 is 5.91 Å². The number of ether oxygens (including phenoxy) is 2. The van der Waals surface area contributed by atoms with Gasteiger partial charge in [-0.15, -0.1) is 0 Å². The highest BCUT2D eigenvalue weighted by molar-refractivity contribution is 5.76. The van der Waals surface area contributed by atoms with Crippen molar-refractivity contribution in [3.63, 3.8) is 0 Å². The van der Waals surface area contributed by atoms with Gasteiger partial charge in [-0.2, -0.15) is 0 Å². The first-order valence-electron chi connectivity index (χ1n) is 5.05. The average molecular weight is 213 g/mol. The Morgan fingerprint density at radius 1 is 1.67 bits per heavy atom. The quantitative estimate of drug-likeness (QED) is 0.505. The van der Waals surface area contributed by atoms with E-state index in [-0.39, 0.29) is 24.8 Å². The minimum Gasteiger partial charge on any atom is -0.359 e. The van der Waals surface area contributed by atoms with E-state index >= 15 is 0 Å². The van der Waals surface area contributed by atoms with E-state index in [0.717, 1.165) is 6.42 Å². The minimum atomic E-state index is -0.102. The molecular weight excluding hydrogens is 198 g/mol. The molecule has 15 heavy (non-hydrogen) atoms. The Morgan fingerprint density at radius 2 is 2.53 bits per heavy atom. The maximum Gasteiger partial charge on any atom is 0.246 e. The highest BCUT2D eigenvalue weighted by Crippen LogP contribution is 2.24. The molecule has 0 aromatic heterocycles. The number of fused-ring (bicyclic) bond motifs is 1. The average Bonchev–Trinajstić information content (AvgIpc) is 2.29. The molecule has 0 aliphatic carbocycles. The molecule has 0 unspecified atom stereocenters. The number of carbonyl (C=O) groups is 1. The van der Waals surface area contributed by atoms with Crippen LogP contribution in [0.15, 0.2) is 12.2 Å². The highest BCUT2D eigenvalue weighted by Gasteiger charge is 2.37. The fraction of sp³-hybridized carbons (Fsp3) is 0.700. The summed E-state index contributed by atoms with van der Waals surface area (Å²) < 4.78 is 10.4. The molecule has 1 fully saturated rings. The molecule has 5 heteroatoms. The molecule has 0 aromatic carbocycles. The summed E-state index contributed by atoms with van der Waals surface area (Å²) in [5.74, 6) is 0.0293. The second-order valence-electron chi connectivity index (χ2n) is 3.58. The molecule has 0 saturated carbocycles. The Morgan fingerprint density at radius 3 is 3.33 bits per heavy atom. The van der Waals surface area contributed by atoms with Crippen LogP contribution in [0.3, 0.4) is 0 Å². The van der Waals surface area contributed by atoms with Crippen molar-refractivity contribution in [3.8, 4) is 0 Å². The second kappa shape index (κ2) is 4.74. The molecular formula is C10H15NO4. The van der Waals surface area contributed by atoms with E-state index in [0.29, 0.717) is 13.0 Å². The summed E-state index contributed by atoms with van der Waals surface area (Å²) in [6.45, 7) is 0.705. The summed E-state index contributed by atoms with van der Waals surface area (Å²) in [7, 11) is 1.58. The lowest BCUT2D eigenvalue weighted by atomic mass is 9.99. The number of methoxy groups -OCH3 is 1. The molecule has 2 rings (SSSR count). The van der Waals surface area contributed by atoms with E-state index in [1.54, 1.807) is 7.11 Å². The normalized spacial score (nSPS) is 30.5. The largest absolute Gasteiger partial charge is 0.359 e. The van der Waals surface area contributed by atoms with Crippen LogP contribution in [-0.4, -0.2) is 43.6 Å². The molecule has 2 atom stereocenters. The van der Waals surface area contributed by atoms with Crippen molar-refractivity contribution in [2.24, 2.45) is 0 Å². The number of nitrogens with zero attached hydrogens (tertiary/aromatic N) is 1. The predicted molar refractivity (Wildman–Crippen MR) is 51.7 cm³/mol. The van der Waals surface area contributed by atoms with E-state index in [1.807, 2.05) is 12.2 Å². The molecule has 0 aromatic rings. The Balaban J connectivity index is 2.03. The van der Waals surface area contributed by atoms with Crippen LogP contribution in [0.1, 0.15) is 12.8 Å². The zero-order valence-electron chi connectivity index (χ0n) is 8.72. The number of rotatable bonds is 3. The molecule has 0 spiro atoms. The molecule has 1 saturated heterocycles. The third-order valence-electron chi connectivity index (χ3n) is 2.58. The number of amides is 1. The van der Waals surface area contributed by atoms with Gasteiger partial charge in [0.05, 0.1) is 12.7 Å². The number of hydrogen-bond acceptors (Lipinski definition) is 4. The van der Waals surface area contributed by atoms with Gasteiger partial charge < -0.3 is 9.47 Å². The van der Waals surface area contributed by atoms with Crippen LogP contribution in [0.5, 0.6) is 0 Å². The van der Waals surface area contributed by atoms with Crippen LogP contribution >= 0.6 is 0 Å². The first-order chi connectivity index (χ1) is 7.33. The molecule has 2 aliphatic heterocycles. The summed E-state index contributed by atoms with van der Waals surface area (Å²) in [5.41, 5.74) is 0. The lowest BCUT2D eigenvalue weighted by Gasteiger charge is -2.39. The number of hydroxylamine groups is 2. The summed E-state index contributed by atoms with van der Waals surface area (Å²) in [4.78, 5) is 16.8. The van der Waals surface area contributed by atoms with E-state index in [4.69, 9.17) is 14.3 Å². The van der Waals surface area contributed by atoms with Crippen molar-refractivity contribution in [1.29, 1.82) is 0 Å². The predicted octanol–water partition coefficient (Wildman–Crippen LogP) is 0.468. The van der Waals surface area contributed by atoms with Gasteiger partial charge in [0.2, 0.25) is 5.91 Å². The first-order valence-corrected chi connectivity index (χ1v) is 5.05. The van der Waals surface area contributed by atoms with Gasteiger partial charge >= 0.3 is 0 Å². The van der Waals surface area contributed by atoms with Gasteiger partial charge in [-0.1, -0.05) is 12.2 Å². The SMILES string of the molecule is COCO[C@@H]1CCC(=O)N2OCC=C[C@@H]12. The van der Waals surface area contributed by atoms with Crippen LogP contribution in [0.4, 0.5) is 0 Å². The first kappa shape index (κ1) is 10.6. The maximum absolute atomic E-state index is 11.5. The third-order valence-corrected chi connectivity index (χ3v) is 2.58. The standard InChI is InChI=1S/C10H15NO4/c1-13-7-14-9-4-5-10(12)11-8(9)3-2-6-15-11/h2-3,8-9H,4-7H2,1H3/t8-,9+/m0/s1. The monoisotopic (exact) mass is 213 g/mol. The van der Waals surface area contributed by atoms with Crippen molar-refractivity contribution < 1.29 is 19.1 Å². The molecule has 0 radical (unpaired) electrons. The zero-order chi connectivity index (χ0) is 10.7. The van der Waals surface area contributed by atoms with E-state index in [1.165, 1.54) is 5.06 Å². The number of hydrogen-bond donors (Lipinski definition) is 0. The van der Waals surface area contributed by atoms with Crippen LogP contribution in [0.25, 0.3) is 0 Å². The molecule has 2 heterocycles. The van der Waals surface area contributed by atoms with Gasteiger partial charge in [0.1, 0.15) is 12.8 Å². The van der Waals surface area contributed by atoms with Crippen molar-refractivity contribution in [1.82, 2.24) is 5.06 Å². The molecule has 0 N–H and O–H groups in total. The molecule has 0 bridgehead atoms. The lowest BCUT2D eigenvalue weighted by Crippen LogP contribution is -2.52. The molecule has 1 amide bonds. The van der Waals surface area contributed by atoms with E-state index in [2.05, 4.69) is 0 Å². The Labute approximate surface area is 88.5 Å². The van der Waals surface area contributed by atoms with Gasteiger partial charge in [-0.3, -0.25) is 9.63 Å². The second-order valence-corrected chi connectivity index (χ2v) is 3.58. The van der Waals surface area contributed by atoms with Crippen LogP contribution in [0, 0.1) is 0 Å². The van der Waals surface area contributed by atoms with E-state index < -0.39 is 0 Å². The Bertz CT molecular complexity index is 266. The summed E-state index contributed by atoms with van der Waals surface area (Å²) in [5, 5.41) is 1.42. The minimum absolute atomic E-state index is 0.0285. The lowest BCUT2D eigenvalue weighted by molar-refractivity contribution is -0.223. The van der Waals surface area contributed by atoms with Gasteiger partial charge in [0.15, 0.2) is 0 Å². The van der Waals surface area contributed by atoms with Crippen molar-refractivity contribution in [2.45, 2.75) is 25.0 Å². The summed E-state index contributed by atoms with van der Waals surface area (Å²) in [6, 6.07) is -0.102. The fourth-order valence-corrected chi connectivity index (χ4v) is 1.88. The van der Waals surface area contributed by atoms with Gasteiger partial charge in [0, 0.05) is 13.5 Å². The number of piperidine rings is 1. The summed E-state index contributed by atoms with van der Waals surface area (Å²) in [6.07, 6.45) is 5.03. The maximum atomic E-state index is 11.5. The van der Waals surface area contributed by atoms with Gasteiger partial charge in [-0.05, 0) is 6.42 Å². The topological polar surface area (TPSA) is 48.0 Å².